The molecule has 0 aromatic heterocycles. The van der Waals surface area contributed by atoms with Crippen molar-refractivity contribution in [3.05, 3.63) is 59.2 Å². The maximum Gasteiger partial charge on any atom is 0.337 e. The smallest absolute Gasteiger partial charge is 0.337 e. The van der Waals surface area contributed by atoms with Gasteiger partial charge in [-0.2, -0.15) is 0 Å². The highest BCUT2D eigenvalue weighted by atomic mass is 19.1. The summed E-state index contributed by atoms with van der Waals surface area (Å²) < 4.78 is 39.7. The SMILES string of the molecule is COC(=O)c1cc(F)c(-c2cc(OC)ccc2F)c(C2=CCCC2(C)C)c1. The molecule has 0 heterocycles. The van der Waals surface area contributed by atoms with Gasteiger partial charge in [0, 0.05) is 11.1 Å². The highest BCUT2D eigenvalue weighted by Gasteiger charge is 2.32. The zero-order valence-corrected chi connectivity index (χ0v) is 15.9. The van der Waals surface area contributed by atoms with Gasteiger partial charge in [-0.05, 0) is 59.7 Å². The van der Waals surface area contributed by atoms with Crippen LogP contribution in [0.2, 0.25) is 0 Å². The van der Waals surface area contributed by atoms with E-state index >= 15 is 4.39 Å². The van der Waals surface area contributed by atoms with E-state index in [1.807, 2.05) is 6.08 Å². The second kappa shape index (κ2) is 7.14. The summed E-state index contributed by atoms with van der Waals surface area (Å²) in [5.41, 5.74) is 1.50. The Morgan fingerprint density at radius 1 is 1.04 bits per heavy atom. The lowest BCUT2D eigenvalue weighted by Gasteiger charge is -2.25. The van der Waals surface area contributed by atoms with Gasteiger partial charge in [0.1, 0.15) is 17.4 Å². The molecule has 0 saturated heterocycles. The molecule has 3 nitrogen and oxygen atoms in total. The molecule has 5 heteroatoms. The average Bonchev–Trinajstić information content (AvgIpc) is 3.00. The monoisotopic (exact) mass is 372 g/mol. The lowest BCUT2D eigenvalue weighted by atomic mass is 9.79. The summed E-state index contributed by atoms with van der Waals surface area (Å²) >= 11 is 0. The summed E-state index contributed by atoms with van der Waals surface area (Å²) in [5, 5.41) is 0. The fourth-order valence-electron chi connectivity index (χ4n) is 3.61. The summed E-state index contributed by atoms with van der Waals surface area (Å²) in [6.45, 7) is 4.11. The van der Waals surface area contributed by atoms with Gasteiger partial charge in [-0.15, -0.1) is 0 Å². The van der Waals surface area contributed by atoms with Crippen molar-refractivity contribution in [2.24, 2.45) is 5.41 Å². The molecule has 2 aromatic rings. The van der Waals surface area contributed by atoms with Gasteiger partial charge in [-0.3, -0.25) is 0 Å². The zero-order valence-electron chi connectivity index (χ0n) is 15.9. The Hall–Kier alpha value is -2.69. The number of benzene rings is 2. The first-order chi connectivity index (χ1) is 12.8. The predicted octanol–water partition coefficient (Wildman–Crippen LogP) is 5.63. The maximum atomic E-state index is 15.2. The molecule has 0 aliphatic heterocycles. The molecule has 1 aliphatic rings. The van der Waals surface area contributed by atoms with E-state index in [0.29, 0.717) is 11.3 Å². The summed E-state index contributed by atoms with van der Waals surface area (Å²) in [6, 6.07) is 6.88. The maximum absolute atomic E-state index is 15.2. The molecule has 0 spiro atoms. The lowest BCUT2D eigenvalue weighted by molar-refractivity contribution is 0.0600. The predicted molar refractivity (Wildman–Crippen MR) is 101 cm³/mol. The van der Waals surface area contributed by atoms with Gasteiger partial charge in [-0.1, -0.05) is 19.9 Å². The molecule has 0 fully saturated rings. The Morgan fingerprint density at radius 2 is 1.78 bits per heavy atom. The van der Waals surface area contributed by atoms with E-state index in [-0.39, 0.29) is 22.1 Å². The third-order valence-electron chi connectivity index (χ3n) is 5.09. The van der Waals surface area contributed by atoms with E-state index in [9.17, 15) is 9.18 Å². The van der Waals surface area contributed by atoms with Crippen LogP contribution in [0.15, 0.2) is 36.4 Å². The third kappa shape index (κ3) is 3.46. The highest BCUT2D eigenvalue weighted by molar-refractivity contribution is 5.94. The van der Waals surface area contributed by atoms with E-state index in [4.69, 9.17) is 9.47 Å². The number of esters is 1. The van der Waals surface area contributed by atoms with Crippen molar-refractivity contribution in [1.29, 1.82) is 0 Å². The molecule has 0 saturated carbocycles. The van der Waals surface area contributed by atoms with Crippen LogP contribution in [0, 0.1) is 17.0 Å². The van der Waals surface area contributed by atoms with Crippen LogP contribution < -0.4 is 4.74 Å². The Balaban J connectivity index is 2.32. The van der Waals surface area contributed by atoms with Crippen molar-refractivity contribution in [2.45, 2.75) is 26.7 Å². The van der Waals surface area contributed by atoms with Crippen LogP contribution in [0.5, 0.6) is 5.75 Å². The van der Waals surface area contributed by atoms with Crippen molar-refractivity contribution in [3.8, 4) is 16.9 Å². The fourth-order valence-corrected chi connectivity index (χ4v) is 3.61. The van der Waals surface area contributed by atoms with Crippen LogP contribution >= 0.6 is 0 Å². The van der Waals surface area contributed by atoms with Gasteiger partial charge in [0.15, 0.2) is 0 Å². The Morgan fingerprint density at radius 3 is 2.37 bits per heavy atom. The molecule has 27 heavy (non-hydrogen) atoms. The van der Waals surface area contributed by atoms with Crippen LogP contribution in [0.4, 0.5) is 8.78 Å². The molecular weight excluding hydrogens is 350 g/mol. The number of allylic oxidation sites excluding steroid dienone is 2. The highest BCUT2D eigenvalue weighted by Crippen LogP contribution is 2.48. The van der Waals surface area contributed by atoms with E-state index < -0.39 is 17.6 Å². The first-order valence-electron chi connectivity index (χ1n) is 8.75. The summed E-state index contributed by atoms with van der Waals surface area (Å²) in [4.78, 5) is 12.0. The topological polar surface area (TPSA) is 35.5 Å². The van der Waals surface area contributed by atoms with Crippen LogP contribution in [0.3, 0.4) is 0 Å². The van der Waals surface area contributed by atoms with Gasteiger partial charge >= 0.3 is 5.97 Å². The second-order valence-corrected chi connectivity index (χ2v) is 7.26. The largest absolute Gasteiger partial charge is 0.497 e. The normalized spacial score (nSPS) is 15.4. The molecule has 0 unspecified atom stereocenters. The number of hydrogen-bond acceptors (Lipinski definition) is 3. The number of carbonyl (C=O) groups excluding carboxylic acids is 1. The molecule has 2 aromatic carbocycles. The minimum atomic E-state index is -0.677. The van der Waals surface area contributed by atoms with Crippen molar-refractivity contribution < 1.29 is 23.0 Å². The number of hydrogen-bond donors (Lipinski definition) is 0. The van der Waals surface area contributed by atoms with Crippen LogP contribution in [0.25, 0.3) is 16.7 Å². The van der Waals surface area contributed by atoms with Gasteiger partial charge < -0.3 is 9.47 Å². The minimum Gasteiger partial charge on any atom is -0.497 e. The Kier molecular flexibility index (Phi) is 5.05. The van der Waals surface area contributed by atoms with Gasteiger partial charge in [-0.25, -0.2) is 13.6 Å². The van der Waals surface area contributed by atoms with E-state index in [2.05, 4.69) is 13.8 Å². The number of methoxy groups -OCH3 is 2. The second-order valence-electron chi connectivity index (χ2n) is 7.26. The third-order valence-corrected chi connectivity index (χ3v) is 5.09. The Bertz CT molecular complexity index is 929. The van der Waals surface area contributed by atoms with Crippen LogP contribution in [-0.4, -0.2) is 20.2 Å². The first kappa shape index (κ1) is 19.1. The van der Waals surface area contributed by atoms with Crippen molar-refractivity contribution in [3.63, 3.8) is 0 Å². The Labute approximate surface area is 157 Å². The van der Waals surface area contributed by atoms with E-state index in [1.165, 1.54) is 32.4 Å². The van der Waals surface area contributed by atoms with Crippen LogP contribution in [-0.2, 0) is 4.74 Å². The molecule has 0 N–H and O–H groups in total. The summed E-state index contributed by atoms with van der Waals surface area (Å²) in [7, 11) is 2.71. The molecule has 3 rings (SSSR count). The number of carbonyl (C=O) groups is 1. The molecule has 142 valence electrons. The first-order valence-corrected chi connectivity index (χ1v) is 8.75. The standard InChI is InChI=1S/C22H22F2O3/c1-22(2)9-5-6-17(22)15-10-13(21(25)27-4)11-19(24)20(15)16-12-14(26-3)7-8-18(16)23/h6-8,10-12H,5,9H2,1-4H3. The fraction of sp³-hybridized carbons (Fsp3) is 0.318. The minimum absolute atomic E-state index is 0.0978. The summed E-state index contributed by atoms with van der Waals surface area (Å²) in [5.74, 6) is -1.44. The molecule has 1 aliphatic carbocycles. The quantitative estimate of drug-likeness (QED) is 0.653. The van der Waals surface area contributed by atoms with Crippen molar-refractivity contribution in [1.82, 2.24) is 0 Å². The molecule has 0 atom stereocenters. The van der Waals surface area contributed by atoms with Crippen molar-refractivity contribution >= 4 is 11.5 Å². The van der Waals surface area contributed by atoms with E-state index in [1.54, 1.807) is 6.07 Å². The summed E-state index contributed by atoms with van der Waals surface area (Å²) in [6.07, 6.45) is 3.76. The molecule has 0 radical (unpaired) electrons. The average molecular weight is 372 g/mol. The van der Waals surface area contributed by atoms with Gasteiger partial charge in [0.2, 0.25) is 0 Å². The number of rotatable bonds is 4. The van der Waals surface area contributed by atoms with Gasteiger partial charge in [0.25, 0.3) is 0 Å². The number of ether oxygens (including phenoxy) is 2. The zero-order chi connectivity index (χ0) is 19.8. The van der Waals surface area contributed by atoms with Crippen molar-refractivity contribution in [2.75, 3.05) is 14.2 Å². The molecular formula is C22H22F2O3. The number of halogens is 2. The van der Waals surface area contributed by atoms with E-state index in [0.717, 1.165) is 24.5 Å². The van der Waals surface area contributed by atoms with Crippen LogP contribution in [0.1, 0.15) is 42.6 Å². The molecule has 0 amide bonds. The lowest BCUT2D eigenvalue weighted by Crippen LogP contribution is -2.12. The molecule has 0 bridgehead atoms. The van der Waals surface area contributed by atoms with Gasteiger partial charge in [0.05, 0.1) is 19.8 Å².